The van der Waals surface area contributed by atoms with Crippen LogP contribution in [0.5, 0.6) is 0 Å². The number of hydrogen-bond acceptors (Lipinski definition) is 1. The van der Waals surface area contributed by atoms with E-state index in [1.165, 1.54) is 10.9 Å². The van der Waals surface area contributed by atoms with E-state index in [1.54, 1.807) is 6.07 Å². The number of nitrogens with zero attached hydrogens (tertiary/aromatic N) is 3. The van der Waals surface area contributed by atoms with Gasteiger partial charge in [0.25, 0.3) is 5.65 Å². The Balaban J connectivity index is 2.21. The van der Waals surface area contributed by atoms with Crippen molar-refractivity contribution < 1.29 is 8.79 Å². The van der Waals surface area contributed by atoms with Crippen molar-refractivity contribution in [1.29, 1.82) is 0 Å². The topological polar surface area (TPSA) is 21.9 Å². The molecule has 0 saturated heterocycles. The van der Waals surface area contributed by atoms with Crippen LogP contribution in [0.3, 0.4) is 0 Å². The SMILES string of the molecule is CCC1(C)c2cc(C(C)(C)C)nc3c(C(C)(C)C)c[n+]4c5c(F)cccc5n(c4c23)C1(C)CC. The third-order valence-corrected chi connectivity index (χ3v) is 8.89. The smallest absolute Gasteiger partial charge is 0.251 e. The van der Waals surface area contributed by atoms with Crippen LogP contribution < -0.4 is 4.40 Å². The Morgan fingerprint density at radius 2 is 1.68 bits per heavy atom. The molecule has 4 heterocycles. The lowest BCUT2D eigenvalue weighted by Crippen LogP contribution is -2.52. The Bertz CT molecular complexity index is 1480. The Kier molecular flexibility index (Phi) is 4.65. The van der Waals surface area contributed by atoms with Crippen LogP contribution in [0.25, 0.3) is 27.6 Å². The summed E-state index contributed by atoms with van der Waals surface area (Å²) in [4.78, 5) is 5.34. The molecule has 0 radical (unpaired) electrons. The van der Waals surface area contributed by atoms with Crippen molar-refractivity contribution in [1.82, 2.24) is 9.55 Å². The van der Waals surface area contributed by atoms with Crippen LogP contribution in [0.15, 0.2) is 30.5 Å². The van der Waals surface area contributed by atoms with Gasteiger partial charge in [0.2, 0.25) is 5.52 Å². The van der Waals surface area contributed by atoms with Gasteiger partial charge in [-0.2, -0.15) is 4.40 Å². The number of pyridine rings is 2. The zero-order valence-corrected chi connectivity index (χ0v) is 22.5. The fourth-order valence-corrected chi connectivity index (χ4v) is 6.29. The van der Waals surface area contributed by atoms with Crippen LogP contribution in [-0.2, 0) is 21.8 Å². The summed E-state index contributed by atoms with van der Waals surface area (Å²) in [6, 6.07) is 7.88. The normalized spacial score (nSPS) is 23.0. The van der Waals surface area contributed by atoms with Gasteiger partial charge in [-0.3, -0.25) is 4.98 Å². The lowest BCUT2D eigenvalue weighted by molar-refractivity contribution is -0.483. The van der Waals surface area contributed by atoms with Gasteiger partial charge < -0.3 is 0 Å². The maximum atomic E-state index is 15.5. The van der Waals surface area contributed by atoms with Gasteiger partial charge in [0.05, 0.1) is 10.9 Å². The van der Waals surface area contributed by atoms with Gasteiger partial charge in [0, 0.05) is 22.1 Å². The molecule has 0 saturated carbocycles. The lowest BCUT2D eigenvalue weighted by atomic mass is 9.61. The molecule has 2 atom stereocenters. The molecule has 180 valence electrons. The van der Waals surface area contributed by atoms with E-state index < -0.39 is 0 Å². The summed E-state index contributed by atoms with van der Waals surface area (Å²) in [5.74, 6) is -0.176. The molecule has 34 heavy (non-hydrogen) atoms. The highest BCUT2D eigenvalue weighted by molar-refractivity contribution is 6.00. The van der Waals surface area contributed by atoms with Crippen molar-refractivity contribution in [2.45, 2.75) is 104 Å². The van der Waals surface area contributed by atoms with Gasteiger partial charge in [-0.25, -0.2) is 8.96 Å². The summed E-state index contributed by atoms with van der Waals surface area (Å²) in [6.45, 7) is 22.8. The first kappa shape index (κ1) is 23.3. The van der Waals surface area contributed by atoms with Gasteiger partial charge in [-0.1, -0.05) is 68.4 Å². The lowest BCUT2D eigenvalue weighted by Gasteiger charge is -2.47. The van der Waals surface area contributed by atoms with E-state index in [0.717, 1.165) is 40.8 Å². The van der Waals surface area contributed by atoms with Gasteiger partial charge in [-0.05, 0) is 48.9 Å². The molecule has 1 aliphatic rings. The van der Waals surface area contributed by atoms with Gasteiger partial charge in [-0.15, -0.1) is 0 Å². The van der Waals surface area contributed by atoms with E-state index in [-0.39, 0.29) is 27.6 Å². The average molecular weight is 461 g/mol. The molecular weight excluding hydrogens is 421 g/mol. The molecule has 1 aromatic carbocycles. The standard InChI is InChI=1S/C30H39FN3/c1-11-29(9)18-16-22(28(6,7)8)32-24-19(27(3,4)5)17-33-25-20(31)14-13-15-21(25)34(26(33)23(18)24)30(29,10)12-2/h13-17H,11-12H2,1-10H3/q+1. The van der Waals surface area contributed by atoms with Crippen LogP contribution >= 0.6 is 0 Å². The Labute approximate surface area is 203 Å². The number of hydrogen-bond donors (Lipinski definition) is 0. The fourth-order valence-electron chi connectivity index (χ4n) is 6.29. The van der Waals surface area contributed by atoms with Crippen LogP contribution in [0.4, 0.5) is 4.39 Å². The van der Waals surface area contributed by atoms with Crippen LogP contribution in [0, 0.1) is 5.82 Å². The molecule has 0 spiro atoms. The summed E-state index contributed by atoms with van der Waals surface area (Å²) in [7, 11) is 0. The highest BCUT2D eigenvalue weighted by Gasteiger charge is 2.55. The van der Waals surface area contributed by atoms with Crippen molar-refractivity contribution in [2.24, 2.45) is 0 Å². The van der Waals surface area contributed by atoms with E-state index in [2.05, 4.69) is 96.5 Å². The number of aromatic nitrogens is 3. The number of para-hydroxylation sites is 1. The molecule has 0 aliphatic carbocycles. The zero-order valence-electron chi connectivity index (χ0n) is 22.5. The summed E-state index contributed by atoms with van der Waals surface area (Å²) >= 11 is 0. The van der Waals surface area contributed by atoms with E-state index in [9.17, 15) is 0 Å². The largest absolute Gasteiger partial charge is 0.297 e. The van der Waals surface area contributed by atoms with Crippen molar-refractivity contribution in [3.63, 3.8) is 0 Å². The first-order chi connectivity index (χ1) is 15.7. The van der Waals surface area contributed by atoms with E-state index in [4.69, 9.17) is 4.98 Å². The molecule has 0 amide bonds. The third kappa shape index (κ3) is 2.69. The maximum Gasteiger partial charge on any atom is 0.297 e. The van der Waals surface area contributed by atoms with Gasteiger partial charge in [0.1, 0.15) is 11.7 Å². The molecule has 3 nitrogen and oxygen atoms in total. The number of rotatable bonds is 2. The first-order valence-electron chi connectivity index (χ1n) is 12.7. The minimum atomic E-state index is -0.220. The minimum Gasteiger partial charge on any atom is -0.251 e. The van der Waals surface area contributed by atoms with Crippen molar-refractivity contribution >= 4 is 27.6 Å². The predicted molar refractivity (Wildman–Crippen MR) is 139 cm³/mol. The quantitative estimate of drug-likeness (QED) is 0.284. The fraction of sp³-hybridized carbons (Fsp3) is 0.533. The van der Waals surface area contributed by atoms with Crippen LogP contribution in [0.2, 0.25) is 0 Å². The van der Waals surface area contributed by atoms with Crippen molar-refractivity contribution in [3.8, 4) is 0 Å². The molecule has 1 aliphatic heterocycles. The molecule has 0 fully saturated rings. The van der Waals surface area contributed by atoms with Crippen molar-refractivity contribution in [3.05, 3.63) is 53.1 Å². The monoisotopic (exact) mass is 460 g/mol. The molecule has 2 unspecified atom stereocenters. The molecule has 3 aromatic heterocycles. The van der Waals surface area contributed by atoms with Crippen molar-refractivity contribution in [2.75, 3.05) is 0 Å². The van der Waals surface area contributed by atoms with Gasteiger partial charge in [0.15, 0.2) is 11.3 Å². The van der Waals surface area contributed by atoms with E-state index in [1.807, 2.05) is 6.07 Å². The zero-order chi connectivity index (χ0) is 25.0. The van der Waals surface area contributed by atoms with E-state index in [0.29, 0.717) is 5.52 Å². The Morgan fingerprint density at radius 3 is 2.24 bits per heavy atom. The number of imidazole rings is 1. The minimum absolute atomic E-state index is 0.0739. The second-order valence-electron chi connectivity index (χ2n) is 12.8. The highest BCUT2D eigenvalue weighted by atomic mass is 19.1. The molecule has 5 rings (SSSR count). The summed E-state index contributed by atoms with van der Waals surface area (Å²) in [5, 5.41) is 1.19. The molecule has 4 aromatic rings. The number of fused-ring (bicyclic) bond motifs is 3. The molecular formula is C30H39FN3+. The number of benzene rings is 1. The Morgan fingerprint density at radius 1 is 1.00 bits per heavy atom. The third-order valence-electron chi connectivity index (χ3n) is 8.89. The van der Waals surface area contributed by atoms with Gasteiger partial charge >= 0.3 is 0 Å². The van der Waals surface area contributed by atoms with E-state index >= 15 is 4.39 Å². The molecule has 0 N–H and O–H groups in total. The van der Waals surface area contributed by atoms with Crippen LogP contribution in [0.1, 0.15) is 98.9 Å². The number of halogens is 1. The first-order valence-corrected chi connectivity index (χ1v) is 12.7. The second-order valence-corrected chi connectivity index (χ2v) is 12.8. The molecule has 0 bridgehead atoms. The second kappa shape index (κ2) is 6.80. The van der Waals surface area contributed by atoms with Crippen LogP contribution in [-0.4, -0.2) is 9.55 Å². The summed E-state index contributed by atoms with van der Waals surface area (Å²) in [5.41, 5.74) is 6.82. The predicted octanol–water partition coefficient (Wildman–Crippen LogP) is 7.47. The highest BCUT2D eigenvalue weighted by Crippen LogP contribution is 2.54. The summed E-state index contributed by atoms with van der Waals surface area (Å²) in [6.07, 6.45) is 4.09. The average Bonchev–Trinajstić information content (AvgIpc) is 3.11. The Hall–Kier alpha value is -2.49. The maximum absolute atomic E-state index is 15.5. The summed E-state index contributed by atoms with van der Waals surface area (Å²) < 4.78 is 20.1. The molecule has 4 heteroatoms.